The molecular formula is C24H24N8O2. The third-order valence-electron chi connectivity index (χ3n) is 5.69. The van der Waals surface area contributed by atoms with Gasteiger partial charge in [0.2, 0.25) is 5.82 Å². The van der Waals surface area contributed by atoms with E-state index in [0.29, 0.717) is 29.6 Å². The molecule has 5 aromatic rings. The SMILES string of the molecule is COc1nnc(OC)c2c1nc(C(C)C)n2Cc1ccccc1-c1ccccc1-c1nn[nH]n1. The first-order chi connectivity index (χ1) is 16.6. The normalized spacial score (nSPS) is 11.3. The minimum atomic E-state index is 0.153. The predicted octanol–water partition coefficient (Wildman–Crippen LogP) is 3.86. The highest BCUT2D eigenvalue weighted by Crippen LogP contribution is 2.36. The summed E-state index contributed by atoms with van der Waals surface area (Å²) in [5, 5.41) is 23.0. The number of methoxy groups -OCH3 is 2. The van der Waals surface area contributed by atoms with Crippen molar-refractivity contribution in [1.29, 1.82) is 0 Å². The zero-order chi connectivity index (χ0) is 23.7. The zero-order valence-corrected chi connectivity index (χ0v) is 19.4. The molecule has 1 N–H and O–H groups in total. The minimum Gasteiger partial charge on any atom is -0.478 e. The van der Waals surface area contributed by atoms with E-state index in [9.17, 15) is 0 Å². The molecule has 0 saturated carbocycles. The minimum absolute atomic E-state index is 0.153. The molecule has 0 aliphatic carbocycles. The molecule has 0 aliphatic rings. The van der Waals surface area contributed by atoms with Crippen molar-refractivity contribution >= 4 is 11.0 Å². The number of aromatic nitrogens is 8. The average Bonchev–Trinajstić information content (AvgIpc) is 3.53. The first-order valence-corrected chi connectivity index (χ1v) is 10.9. The molecule has 0 amide bonds. The van der Waals surface area contributed by atoms with Gasteiger partial charge in [0.1, 0.15) is 11.3 Å². The highest BCUT2D eigenvalue weighted by Gasteiger charge is 2.23. The fraction of sp³-hybridized carbons (Fsp3) is 0.250. The molecule has 3 heterocycles. The van der Waals surface area contributed by atoms with E-state index in [-0.39, 0.29) is 5.92 Å². The van der Waals surface area contributed by atoms with Gasteiger partial charge in [0.15, 0.2) is 5.52 Å². The van der Waals surface area contributed by atoms with Crippen LogP contribution in [-0.4, -0.2) is 54.6 Å². The Kier molecular flexibility index (Phi) is 5.62. The quantitative estimate of drug-likeness (QED) is 0.392. The lowest BCUT2D eigenvalue weighted by atomic mass is 9.95. The van der Waals surface area contributed by atoms with Gasteiger partial charge in [-0.05, 0) is 21.9 Å². The molecule has 2 aromatic carbocycles. The smallest absolute Gasteiger partial charge is 0.261 e. The fourth-order valence-electron chi connectivity index (χ4n) is 4.18. The van der Waals surface area contributed by atoms with Crippen LogP contribution in [0, 0.1) is 0 Å². The summed E-state index contributed by atoms with van der Waals surface area (Å²) in [4.78, 5) is 4.87. The monoisotopic (exact) mass is 456 g/mol. The van der Waals surface area contributed by atoms with Crippen molar-refractivity contribution in [1.82, 2.24) is 40.4 Å². The van der Waals surface area contributed by atoms with Crippen LogP contribution in [0.15, 0.2) is 48.5 Å². The maximum atomic E-state index is 5.56. The molecule has 3 aromatic heterocycles. The Hall–Kier alpha value is -4.34. The number of benzene rings is 2. The lowest BCUT2D eigenvalue weighted by Gasteiger charge is -2.16. The molecule has 0 radical (unpaired) electrons. The maximum Gasteiger partial charge on any atom is 0.261 e. The molecule has 34 heavy (non-hydrogen) atoms. The van der Waals surface area contributed by atoms with Gasteiger partial charge in [-0.1, -0.05) is 62.4 Å². The third-order valence-corrected chi connectivity index (χ3v) is 5.69. The van der Waals surface area contributed by atoms with Gasteiger partial charge in [-0.25, -0.2) is 4.98 Å². The van der Waals surface area contributed by atoms with Crippen molar-refractivity contribution in [2.45, 2.75) is 26.3 Å². The Morgan fingerprint density at radius 1 is 0.853 bits per heavy atom. The number of ether oxygens (including phenoxy) is 2. The molecule has 5 rings (SSSR count). The van der Waals surface area contributed by atoms with Crippen molar-refractivity contribution < 1.29 is 9.47 Å². The first-order valence-electron chi connectivity index (χ1n) is 10.9. The van der Waals surface area contributed by atoms with Crippen LogP contribution >= 0.6 is 0 Å². The molecular weight excluding hydrogens is 432 g/mol. The van der Waals surface area contributed by atoms with Gasteiger partial charge in [-0.2, -0.15) is 5.21 Å². The van der Waals surface area contributed by atoms with Crippen LogP contribution in [0.4, 0.5) is 0 Å². The summed E-state index contributed by atoms with van der Waals surface area (Å²) in [5.41, 5.74) is 5.44. The van der Waals surface area contributed by atoms with Gasteiger partial charge in [0.05, 0.1) is 20.8 Å². The van der Waals surface area contributed by atoms with E-state index in [4.69, 9.17) is 14.5 Å². The third kappa shape index (κ3) is 3.62. The van der Waals surface area contributed by atoms with Crippen LogP contribution in [-0.2, 0) is 6.54 Å². The lowest BCUT2D eigenvalue weighted by molar-refractivity contribution is 0.374. The Labute approximate surface area is 196 Å². The summed E-state index contributed by atoms with van der Waals surface area (Å²) in [6.45, 7) is 4.76. The largest absolute Gasteiger partial charge is 0.478 e. The number of nitrogens with zero attached hydrogens (tertiary/aromatic N) is 7. The van der Waals surface area contributed by atoms with E-state index in [2.05, 4.69) is 67.4 Å². The number of rotatable bonds is 7. The lowest BCUT2D eigenvalue weighted by Crippen LogP contribution is -2.09. The van der Waals surface area contributed by atoms with Crippen LogP contribution in [0.2, 0.25) is 0 Å². The highest BCUT2D eigenvalue weighted by atomic mass is 16.5. The van der Waals surface area contributed by atoms with Crippen LogP contribution in [0.5, 0.6) is 11.8 Å². The molecule has 10 heteroatoms. The fourth-order valence-corrected chi connectivity index (χ4v) is 4.18. The molecule has 172 valence electrons. The van der Waals surface area contributed by atoms with Crippen molar-refractivity contribution in [3.63, 3.8) is 0 Å². The molecule has 10 nitrogen and oxygen atoms in total. The first kappa shape index (κ1) is 21.5. The Bertz CT molecular complexity index is 1440. The number of fused-ring (bicyclic) bond motifs is 1. The standard InChI is InChI=1S/C24H24N8O2/c1-14(2)22-25-19-20(24(34-4)29-28-23(19)33-3)32(22)13-15-9-5-6-10-16(15)17-11-7-8-12-18(17)21-26-30-31-27-21/h5-12,14H,13H2,1-4H3,(H,26,27,30,31). The molecule has 0 fully saturated rings. The van der Waals surface area contributed by atoms with Crippen molar-refractivity contribution in [2.24, 2.45) is 0 Å². The number of tetrazole rings is 1. The van der Waals surface area contributed by atoms with E-state index in [1.54, 1.807) is 14.2 Å². The summed E-state index contributed by atoms with van der Waals surface area (Å²) in [6, 6.07) is 16.3. The van der Waals surface area contributed by atoms with Gasteiger partial charge in [0.25, 0.3) is 11.8 Å². The van der Waals surface area contributed by atoms with Crippen molar-refractivity contribution in [2.75, 3.05) is 14.2 Å². The summed E-state index contributed by atoms with van der Waals surface area (Å²) in [5.74, 6) is 2.36. The van der Waals surface area contributed by atoms with Gasteiger partial charge in [-0.15, -0.1) is 20.4 Å². The summed E-state index contributed by atoms with van der Waals surface area (Å²) < 4.78 is 13.1. The number of nitrogens with one attached hydrogen (secondary N) is 1. The van der Waals surface area contributed by atoms with E-state index >= 15 is 0 Å². The van der Waals surface area contributed by atoms with Crippen LogP contribution in [0.25, 0.3) is 33.5 Å². The van der Waals surface area contributed by atoms with Gasteiger partial charge < -0.3 is 14.0 Å². The second kappa shape index (κ2) is 8.89. The molecule has 0 spiro atoms. The Morgan fingerprint density at radius 3 is 2.21 bits per heavy atom. The molecule has 0 bridgehead atoms. The summed E-state index contributed by atoms with van der Waals surface area (Å²) in [6.07, 6.45) is 0. The average molecular weight is 457 g/mol. The van der Waals surface area contributed by atoms with Crippen LogP contribution < -0.4 is 9.47 Å². The van der Waals surface area contributed by atoms with Crippen molar-refractivity contribution in [3.8, 4) is 34.3 Å². The Morgan fingerprint density at radius 2 is 1.53 bits per heavy atom. The van der Waals surface area contributed by atoms with Crippen LogP contribution in [0.3, 0.4) is 0 Å². The van der Waals surface area contributed by atoms with Crippen LogP contribution in [0.1, 0.15) is 31.2 Å². The molecule has 0 aliphatic heterocycles. The second-order valence-corrected chi connectivity index (χ2v) is 8.06. The zero-order valence-electron chi connectivity index (χ0n) is 19.4. The van der Waals surface area contributed by atoms with E-state index in [1.165, 1.54) is 0 Å². The van der Waals surface area contributed by atoms with Gasteiger partial charge >= 0.3 is 0 Å². The highest BCUT2D eigenvalue weighted by molar-refractivity contribution is 5.86. The van der Waals surface area contributed by atoms with E-state index in [1.807, 2.05) is 30.3 Å². The van der Waals surface area contributed by atoms with E-state index in [0.717, 1.165) is 33.6 Å². The van der Waals surface area contributed by atoms with Gasteiger partial charge in [-0.3, -0.25) is 0 Å². The molecule has 0 atom stereocenters. The maximum absolute atomic E-state index is 5.56. The van der Waals surface area contributed by atoms with E-state index < -0.39 is 0 Å². The predicted molar refractivity (Wildman–Crippen MR) is 127 cm³/mol. The second-order valence-electron chi connectivity index (χ2n) is 8.06. The van der Waals surface area contributed by atoms with Gasteiger partial charge in [0, 0.05) is 11.5 Å². The number of hydrogen-bond acceptors (Lipinski definition) is 8. The molecule has 0 unspecified atom stereocenters. The molecule has 0 saturated heterocycles. The number of H-pyrrole nitrogens is 1. The Balaban J connectivity index is 1.71. The van der Waals surface area contributed by atoms with Crippen molar-refractivity contribution in [3.05, 3.63) is 59.9 Å². The number of hydrogen-bond donors (Lipinski definition) is 1. The topological polar surface area (TPSA) is 117 Å². The summed E-state index contributed by atoms with van der Waals surface area (Å²) >= 11 is 0. The number of aromatic amines is 1. The number of imidazole rings is 1. The summed E-state index contributed by atoms with van der Waals surface area (Å²) in [7, 11) is 3.14.